The molecule has 3 rings (SSSR count). The van der Waals surface area contributed by atoms with E-state index in [-0.39, 0.29) is 5.54 Å². The molecule has 5 heteroatoms. The van der Waals surface area contributed by atoms with Gasteiger partial charge in [0.2, 0.25) is 0 Å². The summed E-state index contributed by atoms with van der Waals surface area (Å²) in [5, 5.41) is 1.00. The van der Waals surface area contributed by atoms with Crippen molar-refractivity contribution in [3.05, 3.63) is 29.7 Å². The number of oxazole rings is 1. The van der Waals surface area contributed by atoms with Gasteiger partial charge in [0.1, 0.15) is 0 Å². The lowest BCUT2D eigenvalue weighted by atomic mass is 10.0. The molecule has 0 radical (unpaired) electrons. The molecule has 0 aliphatic carbocycles. The number of hydrogen-bond acceptors (Lipinski definition) is 5. The monoisotopic (exact) mass is 396 g/mol. The van der Waals surface area contributed by atoms with Crippen LogP contribution in [0, 0.1) is 0 Å². The summed E-state index contributed by atoms with van der Waals surface area (Å²) in [6, 6.07) is 6.46. The van der Waals surface area contributed by atoms with Crippen molar-refractivity contribution in [2.24, 2.45) is 0 Å². The number of nitrogens with zero attached hydrogens (tertiary/aromatic N) is 3. The summed E-state index contributed by atoms with van der Waals surface area (Å²) in [5.74, 6) is 1.22. The number of aryl methyl sites for hydroxylation is 2. The smallest absolute Gasteiger partial charge is 0.195 e. The molecule has 158 valence electrons. The molecule has 0 spiro atoms. The van der Waals surface area contributed by atoms with E-state index in [9.17, 15) is 0 Å². The van der Waals surface area contributed by atoms with Gasteiger partial charge in [-0.3, -0.25) is 0 Å². The Kier molecular flexibility index (Phi) is 6.78. The second-order valence-corrected chi connectivity index (χ2v) is 9.14. The molecule has 0 aliphatic heterocycles. The molecule has 2 aromatic heterocycles. The van der Waals surface area contributed by atoms with E-state index < -0.39 is 0 Å². The van der Waals surface area contributed by atoms with Crippen LogP contribution in [-0.4, -0.2) is 34.0 Å². The van der Waals surface area contributed by atoms with Crippen molar-refractivity contribution >= 4 is 27.8 Å². The predicted octanol–water partition coefficient (Wildman–Crippen LogP) is 5.74. The van der Waals surface area contributed by atoms with Crippen molar-refractivity contribution in [3.63, 3.8) is 0 Å². The number of unbranched alkanes of at least 4 members (excludes halogenated alkanes) is 3. The van der Waals surface area contributed by atoms with Crippen LogP contribution in [0.3, 0.4) is 0 Å². The molecule has 0 atom stereocenters. The number of fused-ring (bicyclic) bond motifs is 3. The second-order valence-electron chi connectivity index (χ2n) is 9.14. The molecule has 0 saturated heterocycles. The van der Waals surface area contributed by atoms with E-state index in [0.29, 0.717) is 11.3 Å². The van der Waals surface area contributed by atoms with Crippen molar-refractivity contribution in [3.8, 4) is 0 Å². The zero-order valence-corrected chi connectivity index (χ0v) is 18.7. The first-order chi connectivity index (χ1) is 13.8. The van der Waals surface area contributed by atoms with Gasteiger partial charge in [0.15, 0.2) is 22.8 Å². The predicted molar refractivity (Wildman–Crippen MR) is 122 cm³/mol. The van der Waals surface area contributed by atoms with E-state index in [2.05, 4.69) is 67.8 Å². The largest absolute Gasteiger partial charge is 0.440 e. The molecule has 0 fully saturated rings. The lowest BCUT2D eigenvalue weighted by molar-refractivity contribution is 0.172. The lowest BCUT2D eigenvalue weighted by Crippen LogP contribution is -2.38. The van der Waals surface area contributed by atoms with Crippen LogP contribution in [0.25, 0.3) is 22.0 Å². The Bertz CT molecular complexity index is 955. The van der Waals surface area contributed by atoms with Crippen molar-refractivity contribution in [1.82, 2.24) is 14.9 Å². The highest BCUT2D eigenvalue weighted by atomic mass is 16.3. The average Bonchev–Trinajstić information content (AvgIpc) is 3.10. The first-order valence-corrected chi connectivity index (χ1v) is 11.0. The molecule has 1 aromatic carbocycles. The number of pyridine rings is 1. The van der Waals surface area contributed by atoms with Gasteiger partial charge in [0, 0.05) is 17.3 Å². The minimum absolute atomic E-state index is 0.242. The summed E-state index contributed by atoms with van der Waals surface area (Å²) < 4.78 is 6.03. The SMILES string of the molecule is CCCCc1nc2c(N)nc3cc(CCCCCN(C)C(C)(C)C)ccc3c2o1. The van der Waals surface area contributed by atoms with E-state index in [4.69, 9.17) is 10.2 Å². The zero-order valence-electron chi connectivity index (χ0n) is 18.7. The molecule has 2 heterocycles. The van der Waals surface area contributed by atoms with Crippen LogP contribution in [0.1, 0.15) is 71.3 Å². The van der Waals surface area contributed by atoms with E-state index >= 15 is 0 Å². The van der Waals surface area contributed by atoms with E-state index in [1.165, 1.54) is 24.8 Å². The third-order valence-electron chi connectivity index (χ3n) is 5.81. The fraction of sp³-hybridized carbons (Fsp3) is 0.583. The van der Waals surface area contributed by atoms with E-state index in [1.807, 2.05) is 0 Å². The standard InChI is InChI=1S/C24H36N4O/c1-6-7-12-20-27-21-22(29-20)18-14-13-17(16-19(18)26-23(21)25)11-9-8-10-15-28(5)24(2,3)4/h13-14,16H,6-12,15H2,1-5H3,(H2,25,26). The van der Waals surface area contributed by atoms with Crippen LogP contribution in [0.15, 0.2) is 22.6 Å². The first kappa shape index (κ1) is 21.6. The van der Waals surface area contributed by atoms with E-state index in [0.717, 1.165) is 54.6 Å². The fourth-order valence-corrected chi connectivity index (χ4v) is 3.55. The Morgan fingerprint density at radius 3 is 2.55 bits per heavy atom. The Morgan fingerprint density at radius 2 is 1.83 bits per heavy atom. The summed E-state index contributed by atoms with van der Waals surface area (Å²) >= 11 is 0. The van der Waals surface area contributed by atoms with E-state index in [1.54, 1.807) is 0 Å². The minimum atomic E-state index is 0.242. The molecule has 2 N–H and O–H groups in total. The quantitative estimate of drug-likeness (QED) is 0.467. The van der Waals surface area contributed by atoms with Crippen molar-refractivity contribution in [1.29, 1.82) is 0 Å². The number of hydrogen-bond donors (Lipinski definition) is 1. The van der Waals surface area contributed by atoms with Gasteiger partial charge in [0.25, 0.3) is 0 Å². The third-order valence-corrected chi connectivity index (χ3v) is 5.81. The first-order valence-electron chi connectivity index (χ1n) is 11.0. The molecule has 0 amide bonds. The van der Waals surface area contributed by atoms with Crippen LogP contribution >= 0.6 is 0 Å². The maximum atomic E-state index is 6.18. The van der Waals surface area contributed by atoms with Gasteiger partial charge < -0.3 is 15.1 Å². The minimum Gasteiger partial charge on any atom is -0.440 e. The number of nitrogen functional groups attached to an aromatic ring is 1. The Hall–Kier alpha value is -2.14. The summed E-state index contributed by atoms with van der Waals surface area (Å²) in [5.41, 5.74) is 10.1. The highest BCUT2D eigenvalue weighted by molar-refractivity contribution is 6.04. The summed E-state index contributed by atoms with van der Waals surface area (Å²) in [7, 11) is 2.21. The average molecular weight is 397 g/mol. The molecule has 0 unspecified atom stereocenters. The normalized spacial score (nSPS) is 12.5. The zero-order chi connectivity index (χ0) is 21.0. The summed E-state index contributed by atoms with van der Waals surface area (Å²) in [6.07, 6.45) is 7.73. The molecule has 3 aromatic rings. The van der Waals surface area contributed by atoms with Crippen LogP contribution < -0.4 is 5.73 Å². The van der Waals surface area contributed by atoms with Crippen LogP contribution in [0.2, 0.25) is 0 Å². The van der Waals surface area contributed by atoms with Gasteiger partial charge in [-0.15, -0.1) is 0 Å². The number of aromatic nitrogens is 2. The number of rotatable bonds is 9. The maximum Gasteiger partial charge on any atom is 0.195 e. The topological polar surface area (TPSA) is 68.2 Å². The lowest BCUT2D eigenvalue weighted by Gasteiger charge is -2.31. The van der Waals surface area contributed by atoms with Gasteiger partial charge in [-0.1, -0.05) is 25.8 Å². The fourth-order valence-electron chi connectivity index (χ4n) is 3.55. The summed E-state index contributed by atoms with van der Waals surface area (Å²) in [6.45, 7) is 10.1. The van der Waals surface area contributed by atoms with Crippen molar-refractivity contribution in [2.75, 3.05) is 19.3 Å². The molecular formula is C24H36N4O. The Labute approximate surface area is 174 Å². The van der Waals surface area contributed by atoms with Gasteiger partial charge >= 0.3 is 0 Å². The Balaban J connectivity index is 1.66. The van der Waals surface area contributed by atoms with Gasteiger partial charge in [-0.25, -0.2) is 9.97 Å². The highest BCUT2D eigenvalue weighted by Crippen LogP contribution is 2.29. The number of benzene rings is 1. The van der Waals surface area contributed by atoms with Gasteiger partial charge in [0.05, 0.1) is 5.52 Å². The molecule has 0 aliphatic rings. The maximum absolute atomic E-state index is 6.18. The molecule has 5 nitrogen and oxygen atoms in total. The third kappa shape index (κ3) is 5.27. The van der Waals surface area contributed by atoms with Crippen LogP contribution in [0.5, 0.6) is 0 Å². The second kappa shape index (κ2) is 9.12. The molecule has 0 saturated carbocycles. The van der Waals surface area contributed by atoms with Crippen LogP contribution in [0.4, 0.5) is 5.82 Å². The van der Waals surface area contributed by atoms with Gasteiger partial charge in [-0.2, -0.15) is 0 Å². The number of nitrogens with two attached hydrogens (primary N) is 1. The van der Waals surface area contributed by atoms with Crippen molar-refractivity contribution < 1.29 is 4.42 Å². The van der Waals surface area contributed by atoms with Crippen LogP contribution in [-0.2, 0) is 12.8 Å². The van der Waals surface area contributed by atoms with Gasteiger partial charge in [-0.05, 0) is 77.7 Å². The molecule has 29 heavy (non-hydrogen) atoms. The molecule has 0 bridgehead atoms. The van der Waals surface area contributed by atoms with Crippen molar-refractivity contribution in [2.45, 2.75) is 78.2 Å². The Morgan fingerprint density at radius 1 is 1.03 bits per heavy atom. The summed E-state index contributed by atoms with van der Waals surface area (Å²) in [4.78, 5) is 11.6. The molecular weight excluding hydrogens is 360 g/mol. The number of anilines is 1. The highest BCUT2D eigenvalue weighted by Gasteiger charge is 2.16.